The van der Waals surface area contributed by atoms with Gasteiger partial charge in [0.15, 0.2) is 5.75 Å². The Hall–Kier alpha value is -1.65. The lowest BCUT2D eigenvalue weighted by Crippen LogP contribution is -2.09. The maximum absolute atomic E-state index is 5.97. The Morgan fingerprint density at radius 3 is 2.47 bits per heavy atom. The van der Waals surface area contributed by atoms with E-state index in [-0.39, 0.29) is 6.04 Å². The van der Waals surface area contributed by atoms with Crippen molar-refractivity contribution in [2.24, 2.45) is 5.73 Å². The second kappa shape index (κ2) is 5.12. The summed E-state index contributed by atoms with van der Waals surface area (Å²) in [7, 11) is 0. The minimum atomic E-state index is -0.190. The molecule has 0 amide bonds. The summed E-state index contributed by atoms with van der Waals surface area (Å²) < 4.78 is 5.55. The van der Waals surface area contributed by atoms with Crippen molar-refractivity contribution in [3.8, 4) is 11.5 Å². The van der Waals surface area contributed by atoms with Gasteiger partial charge in [0, 0.05) is 0 Å². The van der Waals surface area contributed by atoms with Gasteiger partial charge in [-0.1, -0.05) is 23.7 Å². The number of nitrogens with two attached hydrogens (primary N) is 1. The quantitative estimate of drug-likeness (QED) is 0.909. The summed E-state index contributed by atoms with van der Waals surface area (Å²) in [5.41, 5.74) is 5.65. The van der Waals surface area contributed by atoms with Crippen LogP contribution in [0, 0.1) is 0 Å². The van der Waals surface area contributed by atoms with Crippen molar-refractivity contribution in [1.29, 1.82) is 0 Å². The third kappa shape index (κ3) is 2.93. The fourth-order valence-corrected chi connectivity index (χ4v) is 1.44. The standard InChI is InChI=1S/C12H12ClN3O/c1-8(14)12-15-6-9(7-16-12)17-11-5-3-2-4-10(11)13/h2-8H,14H2,1H3. The highest BCUT2D eigenvalue weighted by molar-refractivity contribution is 6.32. The van der Waals surface area contributed by atoms with Crippen LogP contribution in [-0.2, 0) is 0 Å². The van der Waals surface area contributed by atoms with Crippen molar-refractivity contribution < 1.29 is 4.74 Å². The molecule has 0 saturated carbocycles. The molecule has 1 aromatic carbocycles. The number of nitrogens with zero attached hydrogens (tertiary/aromatic N) is 2. The zero-order valence-corrected chi connectivity index (χ0v) is 10.1. The number of aromatic nitrogens is 2. The number of hydrogen-bond acceptors (Lipinski definition) is 4. The van der Waals surface area contributed by atoms with Gasteiger partial charge in [0.05, 0.1) is 23.5 Å². The Morgan fingerprint density at radius 2 is 1.88 bits per heavy atom. The first kappa shape index (κ1) is 11.8. The van der Waals surface area contributed by atoms with Crippen molar-refractivity contribution in [3.05, 3.63) is 47.5 Å². The summed E-state index contributed by atoms with van der Waals surface area (Å²) in [5.74, 6) is 1.69. The Balaban J connectivity index is 2.17. The van der Waals surface area contributed by atoms with Crippen LogP contribution in [0.4, 0.5) is 0 Å². The summed E-state index contributed by atoms with van der Waals surface area (Å²) in [4.78, 5) is 8.20. The van der Waals surface area contributed by atoms with E-state index in [0.717, 1.165) is 0 Å². The van der Waals surface area contributed by atoms with Crippen molar-refractivity contribution >= 4 is 11.6 Å². The lowest BCUT2D eigenvalue weighted by atomic mass is 10.3. The zero-order valence-electron chi connectivity index (χ0n) is 9.30. The second-order valence-electron chi connectivity index (χ2n) is 3.60. The molecule has 1 unspecified atom stereocenters. The second-order valence-corrected chi connectivity index (χ2v) is 4.01. The normalized spacial score (nSPS) is 12.2. The topological polar surface area (TPSA) is 61.0 Å². The summed E-state index contributed by atoms with van der Waals surface area (Å²) in [5, 5.41) is 0.545. The fourth-order valence-electron chi connectivity index (χ4n) is 1.27. The molecule has 0 aliphatic rings. The fraction of sp³-hybridized carbons (Fsp3) is 0.167. The molecule has 0 aliphatic heterocycles. The first-order valence-electron chi connectivity index (χ1n) is 5.16. The first-order valence-corrected chi connectivity index (χ1v) is 5.54. The maximum atomic E-state index is 5.97. The van der Waals surface area contributed by atoms with Gasteiger partial charge in [-0.2, -0.15) is 0 Å². The molecule has 1 heterocycles. The van der Waals surface area contributed by atoms with Crippen LogP contribution >= 0.6 is 11.6 Å². The van der Waals surface area contributed by atoms with Crippen LogP contribution in [0.25, 0.3) is 0 Å². The highest BCUT2D eigenvalue weighted by Crippen LogP contribution is 2.27. The lowest BCUT2D eigenvalue weighted by Gasteiger charge is -2.07. The SMILES string of the molecule is CC(N)c1ncc(Oc2ccccc2Cl)cn1. The van der Waals surface area contributed by atoms with E-state index >= 15 is 0 Å². The molecule has 4 nitrogen and oxygen atoms in total. The van der Waals surface area contributed by atoms with Crippen LogP contribution in [0.2, 0.25) is 5.02 Å². The van der Waals surface area contributed by atoms with Gasteiger partial charge in [-0.05, 0) is 19.1 Å². The van der Waals surface area contributed by atoms with Gasteiger partial charge >= 0.3 is 0 Å². The van der Waals surface area contributed by atoms with Crippen LogP contribution < -0.4 is 10.5 Å². The number of ether oxygens (including phenoxy) is 1. The summed E-state index contributed by atoms with van der Waals surface area (Å²) in [6.45, 7) is 1.82. The average molecular weight is 250 g/mol. The van der Waals surface area contributed by atoms with Gasteiger partial charge < -0.3 is 10.5 Å². The van der Waals surface area contributed by atoms with Crippen molar-refractivity contribution in [1.82, 2.24) is 9.97 Å². The molecule has 2 rings (SSSR count). The third-order valence-corrected chi connectivity index (χ3v) is 2.43. The molecule has 17 heavy (non-hydrogen) atoms. The number of rotatable bonds is 3. The van der Waals surface area contributed by atoms with Crippen molar-refractivity contribution in [2.75, 3.05) is 0 Å². The third-order valence-electron chi connectivity index (χ3n) is 2.12. The summed E-state index contributed by atoms with van der Waals surface area (Å²) in [6, 6.07) is 7.03. The molecular formula is C12H12ClN3O. The number of halogens is 1. The molecule has 2 aromatic rings. The van der Waals surface area contributed by atoms with Gasteiger partial charge in [0.1, 0.15) is 11.6 Å². The van der Waals surface area contributed by atoms with E-state index in [0.29, 0.717) is 22.3 Å². The lowest BCUT2D eigenvalue weighted by molar-refractivity contribution is 0.475. The number of hydrogen-bond donors (Lipinski definition) is 1. The van der Waals surface area contributed by atoms with E-state index in [1.807, 2.05) is 19.1 Å². The molecule has 0 saturated heterocycles. The van der Waals surface area contributed by atoms with E-state index in [2.05, 4.69) is 9.97 Å². The maximum Gasteiger partial charge on any atom is 0.164 e. The van der Waals surface area contributed by atoms with Gasteiger partial charge in [0.2, 0.25) is 0 Å². The highest BCUT2D eigenvalue weighted by atomic mass is 35.5. The van der Waals surface area contributed by atoms with Gasteiger partial charge in [-0.25, -0.2) is 9.97 Å². The molecule has 88 valence electrons. The predicted molar refractivity (Wildman–Crippen MR) is 66.2 cm³/mol. The first-order chi connectivity index (χ1) is 8.16. The van der Waals surface area contributed by atoms with Crippen molar-refractivity contribution in [2.45, 2.75) is 13.0 Å². The Kier molecular flexibility index (Phi) is 3.56. The van der Waals surface area contributed by atoms with Crippen LogP contribution in [-0.4, -0.2) is 9.97 Å². The van der Waals surface area contributed by atoms with Crippen molar-refractivity contribution in [3.63, 3.8) is 0 Å². The molecule has 1 atom stereocenters. The molecule has 0 bridgehead atoms. The monoisotopic (exact) mass is 249 g/mol. The van der Waals surface area contributed by atoms with E-state index in [9.17, 15) is 0 Å². The predicted octanol–water partition coefficient (Wildman–Crippen LogP) is 2.94. The molecule has 0 radical (unpaired) electrons. The van der Waals surface area contributed by atoms with Crippen LogP contribution in [0.15, 0.2) is 36.7 Å². The van der Waals surface area contributed by atoms with E-state index < -0.39 is 0 Å². The van der Waals surface area contributed by atoms with Gasteiger partial charge in [-0.3, -0.25) is 0 Å². The minimum Gasteiger partial charge on any atom is -0.453 e. The van der Waals surface area contributed by atoms with E-state index in [1.54, 1.807) is 24.5 Å². The minimum absolute atomic E-state index is 0.190. The number of benzene rings is 1. The number of para-hydroxylation sites is 1. The molecular weight excluding hydrogens is 238 g/mol. The average Bonchev–Trinajstić information content (AvgIpc) is 2.33. The van der Waals surface area contributed by atoms with Gasteiger partial charge in [-0.15, -0.1) is 0 Å². The Morgan fingerprint density at radius 1 is 1.24 bits per heavy atom. The molecule has 0 fully saturated rings. The molecule has 1 aromatic heterocycles. The molecule has 0 spiro atoms. The van der Waals surface area contributed by atoms with E-state index in [4.69, 9.17) is 22.1 Å². The van der Waals surface area contributed by atoms with Crippen LogP contribution in [0.3, 0.4) is 0 Å². The van der Waals surface area contributed by atoms with Crippen LogP contribution in [0.1, 0.15) is 18.8 Å². The van der Waals surface area contributed by atoms with Crippen LogP contribution in [0.5, 0.6) is 11.5 Å². The van der Waals surface area contributed by atoms with E-state index in [1.165, 1.54) is 0 Å². The smallest absolute Gasteiger partial charge is 0.164 e. The molecule has 0 aliphatic carbocycles. The molecule has 5 heteroatoms. The molecule has 2 N–H and O–H groups in total. The summed E-state index contributed by atoms with van der Waals surface area (Å²) >= 11 is 5.97. The van der Waals surface area contributed by atoms with Gasteiger partial charge in [0.25, 0.3) is 0 Å². The Bertz CT molecular complexity index is 499. The summed E-state index contributed by atoms with van der Waals surface area (Å²) in [6.07, 6.45) is 3.16. The zero-order chi connectivity index (χ0) is 12.3. The highest BCUT2D eigenvalue weighted by Gasteiger charge is 2.05. The largest absolute Gasteiger partial charge is 0.453 e. The Labute approximate surface area is 104 Å².